The summed E-state index contributed by atoms with van der Waals surface area (Å²) in [6, 6.07) is 6.73. The van der Waals surface area contributed by atoms with Gasteiger partial charge in [-0.25, -0.2) is 4.98 Å². The number of nitrogens with zero attached hydrogens (tertiary/aromatic N) is 2. The summed E-state index contributed by atoms with van der Waals surface area (Å²) in [4.78, 5) is 7.77. The van der Waals surface area contributed by atoms with E-state index in [-0.39, 0.29) is 5.88 Å². The van der Waals surface area contributed by atoms with Crippen molar-refractivity contribution in [2.45, 2.75) is 12.7 Å². The second-order valence-electron chi connectivity index (χ2n) is 4.00. The Morgan fingerprint density at radius 3 is 2.60 bits per heavy atom. The maximum absolute atomic E-state index is 12.0. The molecule has 0 bridgehead atoms. The van der Waals surface area contributed by atoms with E-state index >= 15 is 0 Å². The van der Waals surface area contributed by atoms with Crippen LogP contribution in [0.3, 0.4) is 0 Å². The smallest absolute Gasteiger partial charge is 0.422 e. The molecule has 0 aliphatic rings. The van der Waals surface area contributed by atoms with Gasteiger partial charge in [-0.2, -0.15) is 13.2 Å². The average Bonchev–Trinajstić information content (AvgIpc) is 2.44. The van der Waals surface area contributed by atoms with Crippen molar-refractivity contribution in [2.75, 3.05) is 11.9 Å². The van der Waals surface area contributed by atoms with E-state index in [0.29, 0.717) is 12.2 Å². The van der Waals surface area contributed by atoms with Crippen molar-refractivity contribution in [3.05, 3.63) is 48.4 Å². The first kappa shape index (κ1) is 14.1. The van der Waals surface area contributed by atoms with Gasteiger partial charge in [0.2, 0.25) is 5.88 Å². The summed E-state index contributed by atoms with van der Waals surface area (Å²) < 4.78 is 40.4. The molecule has 2 rings (SSSR count). The predicted octanol–water partition coefficient (Wildman–Crippen LogP) is 3.03. The number of hydrogen-bond acceptors (Lipinski definition) is 4. The minimum Gasteiger partial charge on any atom is -0.468 e. The molecule has 20 heavy (non-hydrogen) atoms. The second-order valence-corrected chi connectivity index (χ2v) is 4.00. The molecule has 7 heteroatoms. The SMILES string of the molecule is FC(F)(F)COc1ccc(NCc2cccnc2)cn1. The quantitative estimate of drug-likeness (QED) is 0.916. The van der Waals surface area contributed by atoms with E-state index in [1.807, 2.05) is 12.1 Å². The molecule has 0 unspecified atom stereocenters. The molecule has 2 heterocycles. The molecule has 2 aromatic rings. The van der Waals surface area contributed by atoms with Crippen LogP contribution in [-0.2, 0) is 6.54 Å². The van der Waals surface area contributed by atoms with E-state index in [9.17, 15) is 13.2 Å². The van der Waals surface area contributed by atoms with Crippen LogP contribution in [0.25, 0.3) is 0 Å². The number of anilines is 1. The first-order valence-corrected chi connectivity index (χ1v) is 5.81. The zero-order chi connectivity index (χ0) is 14.4. The molecule has 2 aromatic heterocycles. The summed E-state index contributed by atoms with van der Waals surface area (Å²) in [5.41, 5.74) is 1.68. The van der Waals surface area contributed by atoms with Crippen LogP contribution in [0.4, 0.5) is 18.9 Å². The van der Waals surface area contributed by atoms with E-state index in [1.54, 1.807) is 18.5 Å². The molecule has 1 N–H and O–H groups in total. The molecule has 0 aliphatic heterocycles. The van der Waals surface area contributed by atoms with Gasteiger partial charge in [-0.1, -0.05) is 6.07 Å². The predicted molar refractivity (Wildman–Crippen MR) is 67.4 cm³/mol. The Morgan fingerprint density at radius 1 is 1.15 bits per heavy atom. The van der Waals surface area contributed by atoms with Crippen molar-refractivity contribution in [2.24, 2.45) is 0 Å². The van der Waals surface area contributed by atoms with Crippen LogP contribution in [0, 0.1) is 0 Å². The molecule has 106 valence electrons. The normalized spacial score (nSPS) is 11.2. The summed E-state index contributed by atoms with van der Waals surface area (Å²) in [5, 5.41) is 3.08. The highest BCUT2D eigenvalue weighted by atomic mass is 19.4. The molecular formula is C13H12F3N3O. The van der Waals surface area contributed by atoms with Gasteiger partial charge in [0.15, 0.2) is 6.61 Å². The van der Waals surface area contributed by atoms with E-state index in [4.69, 9.17) is 0 Å². The van der Waals surface area contributed by atoms with Crippen LogP contribution in [0.5, 0.6) is 5.88 Å². The van der Waals surface area contributed by atoms with E-state index in [1.165, 1.54) is 12.3 Å². The first-order chi connectivity index (χ1) is 9.53. The highest BCUT2D eigenvalue weighted by Crippen LogP contribution is 2.18. The minimum absolute atomic E-state index is 0.0609. The summed E-state index contributed by atoms with van der Waals surface area (Å²) in [6.07, 6.45) is 0.458. The van der Waals surface area contributed by atoms with Crippen LogP contribution in [0.15, 0.2) is 42.9 Å². The number of ether oxygens (including phenoxy) is 1. The molecule has 0 saturated carbocycles. The van der Waals surface area contributed by atoms with E-state index in [2.05, 4.69) is 20.0 Å². The second kappa shape index (κ2) is 6.23. The maximum Gasteiger partial charge on any atom is 0.422 e. The summed E-state index contributed by atoms with van der Waals surface area (Å²) in [5.74, 6) is -0.0609. The Labute approximate surface area is 113 Å². The lowest BCUT2D eigenvalue weighted by Crippen LogP contribution is -2.19. The topological polar surface area (TPSA) is 47.0 Å². The lowest BCUT2D eigenvalue weighted by molar-refractivity contribution is -0.154. The third-order valence-corrected chi connectivity index (χ3v) is 2.34. The van der Waals surface area contributed by atoms with Crippen LogP contribution in [0.2, 0.25) is 0 Å². The van der Waals surface area contributed by atoms with Crippen molar-refractivity contribution in [1.29, 1.82) is 0 Å². The fraction of sp³-hybridized carbons (Fsp3) is 0.231. The third-order valence-electron chi connectivity index (χ3n) is 2.34. The molecule has 0 spiro atoms. The van der Waals surface area contributed by atoms with Gasteiger partial charge in [0.05, 0.1) is 11.9 Å². The molecule has 0 saturated heterocycles. The zero-order valence-corrected chi connectivity index (χ0v) is 10.4. The van der Waals surface area contributed by atoms with Crippen molar-refractivity contribution < 1.29 is 17.9 Å². The molecule has 0 radical (unpaired) electrons. The fourth-order valence-corrected chi connectivity index (χ4v) is 1.43. The number of hydrogen-bond donors (Lipinski definition) is 1. The molecule has 0 atom stereocenters. The number of alkyl halides is 3. The standard InChI is InChI=1S/C13H12F3N3O/c14-13(15,16)9-20-12-4-3-11(8-19-12)18-7-10-2-1-5-17-6-10/h1-6,8,18H,7,9H2. The summed E-state index contributed by atoms with van der Waals surface area (Å²) in [6.45, 7) is -0.791. The summed E-state index contributed by atoms with van der Waals surface area (Å²) in [7, 11) is 0. The van der Waals surface area contributed by atoms with Crippen molar-refractivity contribution >= 4 is 5.69 Å². The van der Waals surface area contributed by atoms with Crippen LogP contribution >= 0.6 is 0 Å². The number of nitrogens with one attached hydrogen (secondary N) is 1. The van der Waals surface area contributed by atoms with Crippen LogP contribution in [0.1, 0.15) is 5.56 Å². The Bertz CT molecular complexity index is 529. The van der Waals surface area contributed by atoms with Gasteiger partial charge in [0.1, 0.15) is 0 Å². The Balaban J connectivity index is 1.85. The molecule has 0 aromatic carbocycles. The Hall–Kier alpha value is -2.31. The lowest BCUT2D eigenvalue weighted by atomic mass is 10.3. The number of pyridine rings is 2. The van der Waals surface area contributed by atoms with E-state index in [0.717, 1.165) is 5.56 Å². The van der Waals surface area contributed by atoms with E-state index < -0.39 is 12.8 Å². The molecule has 0 aliphatic carbocycles. The number of aromatic nitrogens is 2. The Morgan fingerprint density at radius 2 is 2.00 bits per heavy atom. The van der Waals surface area contributed by atoms with Crippen LogP contribution in [-0.4, -0.2) is 22.8 Å². The first-order valence-electron chi connectivity index (χ1n) is 5.81. The van der Waals surface area contributed by atoms with Gasteiger partial charge in [-0.05, 0) is 17.7 Å². The van der Waals surface area contributed by atoms with Gasteiger partial charge >= 0.3 is 6.18 Å². The fourth-order valence-electron chi connectivity index (χ4n) is 1.43. The third kappa shape index (κ3) is 4.75. The zero-order valence-electron chi connectivity index (χ0n) is 10.4. The maximum atomic E-state index is 12.0. The van der Waals surface area contributed by atoms with Gasteiger partial charge in [0.25, 0.3) is 0 Å². The molecule has 0 amide bonds. The summed E-state index contributed by atoms with van der Waals surface area (Å²) >= 11 is 0. The van der Waals surface area contributed by atoms with Crippen molar-refractivity contribution in [1.82, 2.24) is 9.97 Å². The molecule has 0 fully saturated rings. The Kier molecular flexibility index (Phi) is 4.39. The minimum atomic E-state index is -4.36. The largest absolute Gasteiger partial charge is 0.468 e. The van der Waals surface area contributed by atoms with Gasteiger partial charge in [-0.15, -0.1) is 0 Å². The van der Waals surface area contributed by atoms with Crippen molar-refractivity contribution in [3.8, 4) is 5.88 Å². The monoisotopic (exact) mass is 283 g/mol. The average molecular weight is 283 g/mol. The number of halogens is 3. The highest BCUT2D eigenvalue weighted by molar-refractivity contribution is 5.42. The van der Waals surface area contributed by atoms with Gasteiger partial charge in [0, 0.05) is 25.0 Å². The van der Waals surface area contributed by atoms with Gasteiger partial charge in [-0.3, -0.25) is 4.98 Å². The van der Waals surface area contributed by atoms with Crippen molar-refractivity contribution in [3.63, 3.8) is 0 Å². The van der Waals surface area contributed by atoms with Gasteiger partial charge < -0.3 is 10.1 Å². The number of rotatable bonds is 5. The van der Waals surface area contributed by atoms with Crippen LogP contribution < -0.4 is 10.1 Å². The lowest BCUT2D eigenvalue weighted by Gasteiger charge is -2.09. The highest BCUT2D eigenvalue weighted by Gasteiger charge is 2.28. The molecule has 4 nitrogen and oxygen atoms in total. The molecular weight excluding hydrogens is 271 g/mol.